The molecule has 2 aliphatic rings. The molecule has 0 saturated carbocycles. The fourth-order valence-electron chi connectivity index (χ4n) is 3.79. The van der Waals surface area contributed by atoms with Gasteiger partial charge in [0.2, 0.25) is 0 Å². The highest BCUT2D eigenvalue weighted by Crippen LogP contribution is 2.20. The largest absolute Gasteiger partial charge is 0.444 e. The first-order valence-corrected chi connectivity index (χ1v) is 10.7. The van der Waals surface area contributed by atoms with Gasteiger partial charge in [-0.05, 0) is 63.8 Å². The van der Waals surface area contributed by atoms with E-state index in [9.17, 15) is 9.18 Å². The Balaban J connectivity index is 0.00000341. The van der Waals surface area contributed by atoms with Gasteiger partial charge in [-0.1, -0.05) is 0 Å². The summed E-state index contributed by atoms with van der Waals surface area (Å²) in [6, 6.07) is 6.61. The van der Waals surface area contributed by atoms with Crippen molar-refractivity contribution < 1.29 is 13.9 Å². The molecular formula is C22H35FIN5O2. The molecule has 2 saturated heterocycles. The predicted molar refractivity (Wildman–Crippen MR) is 133 cm³/mol. The number of aliphatic imine (C=N–C) groups is 1. The molecule has 174 valence electrons. The van der Waals surface area contributed by atoms with Gasteiger partial charge in [0.05, 0.1) is 0 Å². The van der Waals surface area contributed by atoms with E-state index < -0.39 is 5.60 Å². The summed E-state index contributed by atoms with van der Waals surface area (Å²) in [5.74, 6) is 0.803. The quantitative estimate of drug-likeness (QED) is 0.356. The van der Waals surface area contributed by atoms with Gasteiger partial charge in [0, 0.05) is 51.5 Å². The van der Waals surface area contributed by atoms with E-state index >= 15 is 0 Å². The highest BCUT2D eigenvalue weighted by atomic mass is 127. The normalized spacial score (nSPS) is 18.6. The van der Waals surface area contributed by atoms with Crippen LogP contribution in [0, 0.1) is 11.7 Å². The number of hydrogen-bond donors (Lipinski definition) is 1. The van der Waals surface area contributed by atoms with Gasteiger partial charge in [0.1, 0.15) is 11.4 Å². The zero-order valence-corrected chi connectivity index (χ0v) is 21.0. The van der Waals surface area contributed by atoms with E-state index in [4.69, 9.17) is 10.5 Å². The van der Waals surface area contributed by atoms with E-state index in [1.165, 1.54) is 12.1 Å². The number of nitrogens with zero attached hydrogens (tertiary/aromatic N) is 4. The van der Waals surface area contributed by atoms with Crippen molar-refractivity contribution in [1.82, 2.24) is 9.80 Å². The first-order chi connectivity index (χ1) is 14.2. The number of likely N-dealkylation sites (tertiary alicyclic amines) is 1. The van der Waals surface area contributed by atoms with Crippen LogP contribution in [0.25, 0.3) is 0 Å². The maximum absolute atomic E-state index is 13.1. The van der Waals surface area contributed by atoms with E-state index in [0.717, 1.165) is 44.7 Å². The monoisotopic (exact) mass is 547 g/mol. The Hall–Kier alpha value is -1.78. The molecule has 1 amide bonds. The molecule has 9 heteroatoms. The summed E-state index contributed by atoms with van der Waals surface area (Å²) < 4.78 is 18.5. The number of anilines is 1. The van der Waals surface area contributed by atoms with E-state index in [1.54, 1.807) is 4.90 Å². The van der Waals surface area contributed by atoms with Crippen molar-refractivity contribution in [3.63, 3.8) is 0 Å². The molecule has 2 N–H and O–H groups in total. The second kappa shape index (κ2) is 11.2. The molecule has 0 spiro atoms. The van der Waals surface area contributed by atoms with Crippen LogP contribution < -0.4 is 10.6 Å². The molecule has 2 heterocycles. The number of guanidine groups is 1. The van der Waals surface area contributed by atoms with Crippen molar-refractivity contribution in [2.45, 2.75) is 39.2 Å². The lowest BCUT2D eigenvalue weighted by Gasteiger charge is -2.37. The molecule has 0 unspecified atom stereocenters. The highest BCUT2D eigenvalue weighted by Gasteiger charge is 2.27. The maximum atomic E-state index is 13.1. The van der Waals surface area contributed by atoms with E-state index in [-0.39, 0.29) is 35.9 Å². The number of piperidine rings is 1. The van der Waals surface area contributed by atoms with Crippen LogP contribution in [0.4, 0.5) is 14.9 Å². The molecule has 0 bridgehead atoms. The molecule has 31 heavy (non-hydrogen) atoms. The van der Waals surface area contributed by atoms with Crippen LogP contribution in [-0.4, -0.2) is 73.3 Å². The number of carbonyl (C=O) groups is 1. The summed E-state index contributed by atoms with van der Waals surface area (Å²) >= 11 is 0. The molecule has 7 nitrogen and oxygen atoms in total. The lowest BCUT2D eigenvalue weighted by atomic mass is 9.97. The summed E-state index contributed by atoms with van der Waals surface area (Å²) in [7, 11) is 0. The van der Waals surface area contributed by atoms with Crippen LogP contribution in [0.2, 0.25) is 0 Å². The van der Waals surface area contributed by atoms with Gasteiger partial charge in [0.25, 0.3) is 0 Å². The number of carbonyl (C=O) groups excluding carboxylic acids is 1. The smallest absolute Gasteiger partial charge is 0.410 e. The minimum atomic E-state index is -0.465. The number of piperazine rings is 1. The second-order valence-corrected chi connectivity index (χ2v) is 9.06. The summed E-state index contributed by atoms with van der Waals surface area (Å²) in [4.78, 5) is 22.9. The Morgan fingerprint density at radius 1 is 1.06 bits per heavy atom. The minimum absolute atomic E-state index is 0. The van der Waals surface area contributed by atoms with Crippen LogP contribution in [0.5, 0.6) is 0 Å². The summed E-state index contributed by atoms with van der Waals surface area (Å²) in [5.41, 5.74) is 6.80. The topological polar surface area (TPSA) is 74.4 Å². The second-order valence-electron chi connectivity index (χ2n) is 9.06. The van der Waals surface area contributed by atoms with Crippen LogP contribution in [0.15, 0.2) is 29.3 Å². The van der Waals surface area contributed by atoms with Crippen LogP contribution in [0.1, 0.15) is 33.6 Å². The average molecular weight is 547 g/mol. The van der Waals surface area contributed by atoms with Gasteiger partial charge in [-0.15, -0.1) is 24.0 Å². The SMILES string of the molecule is CC(C)(C)OC(=O)N1CCC(CN=C(N)N2CCN(c3ccc(F)cc3)CC2)CC1.I. The number of hydrogen-bond acceptors (Lipinski definition) is 4. The van der Waals surface area contributed by atoms with Gasteiger partial charge < -0.3 is 25.2 Å². The number of benzene rings is 1. The Bertz CT molecular complexity index is 737. The molecule has 3 rings (SSSR count). The van der Waals surface area contributed by atoms with Crippen molar-refractivity contribution in [2.24, 2.45) is 16.6 Å². The minimum Gasteiger partial charge on any atom is -0.444 e. The molecule has 0 atom stereocenters. The molecule has 1 aromatic carbocycles. The number of halogens is 2. The lowest BCUT2D eigenvalue weighted by Crippen LogP contribution is -2.51. The fourth-order valence-corrected chi connectivity index (χ4v) is 3.79. The zero-order valence-electron chi connectivity index (χ0n) is 18.7. The molecule has 1 aromatic rings. The number of amides is 1. The Labute approximate surface area is 201 Å². The van der Waals surface area contributed by atoms with Crippen molar-refractivity contribution >= 4 is 41.7 Å². The Morgan fingerprint density at radius 3 is 2.19 bits per heavy atom. The standard InChI is InChI=1S/C22H34FN5O2.HI/c1-22(2,3)30-21(29)28-10-8-17(9-11-28)16-25-20(24)27-14-12-26(13-15-27)19-6-4-18(23)5-7-19;/h4-7,17H,8-16H2,1-3H3,(H2,24,25);1H. The highest BCUT2D eigenvalue weighted by molar-refractivity contribution is 14.0. The average Bonchev–Trinajstić information content (AvgIpc) is 2.72. The van der Waals surface area contributed by atoms with Crippen LogP contribution in [-0.2, 0) is 4.74 Å². The van der Waals surface area contributed by atoms with Crippen LogP contribution >= 0.6 is 24.0 Å². The van der Waals surface area contributed by atoms with Crippen molar-refractivity contribution in [3.8, 4) is 0 Å². The molecule has 0 aliphatic carbocycles. The Kier molecular flexibility index (Phi) is 9.20. The summed E-state index contributed by atoms with van der Waals surface area (Å²) in [6.07, 6.45) is 1.59. The zero-order chi connectivity index (χ0) is 21.7. The molecule has 2 fully saturated rings. The lowest BCUT2D eigenvalue weighted by molar-refractivity contribution is 0.0187. The van der Waals surface area contributed by atoms with Crippen molar-refractivity contribution in [2.75, 3.05) is 50.7 Å². The number of nitrogens with two attached hydrogens (primary N) is 1. The number of rotatable bonds is 3. The van der Waals surface area contributed by atoms with Gasteiger partial charge in [-0.2, -0.15) is 0 Å². The molecular weight excluding hydrogens is 512 g/mol. The first kappa shape index (κ1) is 25.5. The fraction of sp³-hybridized carbons (Fsp3) is 0.636. The Morgan fingerprint density at radius 2 is 1.65 bits per heavy atom. The van der Waals surface area contributed by atoms with Gasteiger partial charge in [-0.3, -0.25) is 4.99 Å². The van der Waals surface area contributed by atoms with Gasteiger partial charge >= 0.3 is 6.09 Å². The first-order valence-electron chi connectivity index (χ1n) is 10.7. The third-order valence-electron chi connectivity index (χ3n) is 5.57. The van der Waals surface area contributed by atoms with Crippen molar-refractivity contribution in [1.29, 1.82) is 0 Å². The summed E-state index contributed by atoms with van der Waals surface area (Å²) in [6.45, 7) is 11.0. The van der Waals surface area contributed by atoms with Gasteiger partial charge in [0.15, 0.2) is 5.96 Å². The van der Waals surface area contributed by atoms with E-state index in [1.807, 2.05) is 32.9 Å². The number of ether oxygens (including phenoxy) is 1. The molecule has 0 radical (unpaired) electrons. The predicted octanol–water partition coefficient (Wildman–Crippen LogP) is 3.53. The molecule has 0 aromatic heterocycles. The van der Waals surface area contributed by atoms with Crippen LogP contribution in [0.3, 0.4) is 0 Å². The third-order valence-corrected chi connectivity index (χ3v) is 5.57. The van der Waals surface area contributed by atoms with Crippen molar-refractivity contribution in [3.05, 3.63) is 30.1 Å². The maximum Gasteiger partial charge on any atom is 0.410 e. The van der Waals surface area contributed by atoms with Gasteiger partial charge in [-0.25, -0.2) is 9.18 Å². The van der Waals surface area contributed by atoms with E-state index in [2.05, 4.69) is 14.8 Å². The van der Waals surface area contributed by atoms with E-state index in [0.29, 0.717) is 31.5 Å². The molecule has 2 aliphatic heterocycles. The summed E-state index contributed by atoms with van der Waals surface area (Å²) in [5, 5.41) is 0. The third kappa shape index (κ3) is 7.69.